The Labute approximate surface area is 113 Å². The number of aromatic nitrogens is 1. The first-order chi connectivity index (χ1) is 9.28. The summed E-state index contributed by atoms with van der Waals surface area (Å²) in [5.41, 5.74) is 6.53. The number of nitrogens with zero attached hydrogens (tertiary/aromatic N) is 2. The lowest BCUT2D eigenvalue weighted by Crippen LogP contribution is -2.02. The van der Waals surface area contributed by atoms with Crippen molar-refractivity contribution >= 4 is 0 Å². The van der Waals surface area contributed by atoms with E-state index in [0.29, 0.717) is 5.56 Å². The Kier molecular flexibility index (Phi) is 3.05. The zero-order chi connectivity index (χ0) is 13.2. The van der Waals surface area contributed by atoms with Crippen LogP contribution in [0, 0.1) is 18.3 Å². The molecule has 2 aromatic rings. The highest BCUT2D eigenvalue weighted by Crippen LogP contribution is 2.27. The zero-order valence-corrected chi connectivity index (χ0v) is 11.1. The van der Waals surface area contributed by atoms with Crippen LogP contribution in [0.1, 0.15) is 35.2 Å². The van der Waals surface area contributed by atoms with E-state index in [9.17, 15) is 0 Å². The minimum Gasteiger partial charge on any atom is -0.252 e. The molecule has 0 N–H and O–H groups in total. The summed E-state index contributed by atoms with van der Waals surface area (Å²) in [6.45, 7) is 1.89. The normalized spacial score (nSPS) is 13.7. The Morgan fingerprint density at radius 2 is 1.84 bits per heavy atom. The van der Waals surface area contributed by atoms with Gasteiger partial charge in [0, 0.05) is 5.56 Å². The molecule has 0 spiro atoms. The molecule has 0 unspecified atom stereocenters. The molecule has 0 fully saturated rings. The molecule has 0 aliphatic heterocycles. The predicted molar refractivity (Wildman–Crippen MR) is 75.8 cm³/mol. The third kappa shape index (κ3) is 2.24. The molecule has 1 aromatic heterocycles. The van der Waals surface area contributed by atoms with Gasteiger partial charge in [-0.25, -0.2) is 0 Å². The van der Waals surface area contributed by atoms with Crippen LogP contribution in [0.3, 0.4) is 0 Å². The average molecular weight is 248 g/mol. The van der Waals surface area contributed by atoms with Crippen LogP contribution in [0.2, 0.25) is 0 Å². The number of hydrogen-bond donors (Lipinski definition) is 0. The number of aryl methyl sites for hydroxylation is 3. The van der Waals surface area contributed by atoms with Gasteiger partial charge in [-0.3, -0.25) is 4.98 Å². The summed E-state index contributed by atoms with van der Waals surface area (Å²) in [5.74, 6) is 0. The van der Waals surface area contributed by atoms with E-state index in [0.717, 1.165) is 17.0 Å². The minimum absolute atomic E-state index is 0.654. The summed E-state index contributed by atoms with van der Waals surface area (Å²) >= 11 is 0. The highest BCUT2D eigenvalue weighted by molar-refractivity contribution is 5.62. The van der Waals surface area contributed by atoms with Gasteiger partial charge in [-0.2, -0.15) is 5.26 Å². The number of hydrogen-bond acceptors (Lipinski definition) is 2. The molecule has 0 bridgehead atoms. The van der Waals surface area contributed by atoms with Crippen LogP contribution in [0.15, 0.2) is 30.3 Å². The Balaban J connectivity index is 2.03. The molecule has 1 heterocycles. The van der Waals surface area contributed by atoms with E-state index in [1.165, 1.54) is 36.8 Å². The lowest BCUT2D eigenvalue weighted by Gasteiger charge is -2.16. The third-order valence-electron chi connectivity index (χ3n) is 3.85. The number of fused-ring (bicyclic) bond motifs is 1. The lowest BCUT2D eigenvalue weighted by molar-refractivity contribution is 0.686. The van der Waals surface area contributed by atoms with Crippen LogP contribution in [0.4, 0.5) is 0 Å². The summed E-state index contributed by atoms with van der Waals surface area (Å²) in [5, 5.41) is 8.95. The Morgan fingerprint density at radius 3 is 2.58 bits per heavy atom. The standard InChI is InChI=1S/C17H16N2/c1-12-16(11-18)8-9-17(19-12)15-7-6-13-4-2-3-5-14(13)10-15/h6-10H,2-5H2,1H3. The number of nitriles is 1. The zero-order valence-electron chi connectivity index (χ0n) is 11.1. The van der Waals surface area contributed by atoms with Crippen LogP contribution >= 0.6 is 0 Å². The maximum absolute atomic E-state index is 8.95. The molecule has 3 rings (SSSR count). The van der Waals surface area contributed by atoms with E-state index in [-0.39, 0.29) is 0 Å². The van der Waals surface area contributed by atoms with Crippen LogP contribution in [-0.4, -0.2) is 4.98 Å². The van der Waals surface area contributed by atoms with Crippen molar-refractivity contribution in [1.82, 2.24) is 4.98 Å². The van der Waals surface area contributed by atoms with Crippen molar-refractivity contribution in [3.05, 3.63) is 52.7 Å². The summed E-state index contributed by atoms with van der Waals surface area (Å²) in [7, 11) is 0. The summed E-state index contributed by atoms with van der Waals surface area (Å²) in [4.78, 5) is 4.54. The van der Waals surface area contributed by atoms with Gasteiger partial charge in [-0.05, 0) is 61.9 Å². The topological polar surface area (TPSA) is 36.7 Å². The van der Waals surface area contributed by atoms with Gasteiger partial charge < -0.3 is 0 Å². The summed E-state index contributed by atoms with van der Waals surface area (Å²) in [6.07, 6.45) is 4.98. The van der Waals surface area contributed by atoms with Crippen LogP contribution in [0.5, 0.6) is 0 Å². The molecule has 1 aliphatic rings. The molecular weight excluding hydrogens is 232 g/mol. The fourth-order valence-electron chi connectivity index (χ4n) is 2.73. The fourth-order valence-corrected chi connectivity index (χ4v) is 2.73. The second kappa shape index (κ2) is 4.85. The van der Waals surface area contributed by atoms with E-state index in [4.69, 9.17) is 5.26 Å². The first-order valence-corrected chi connectivity index (χ1v) is 6.78. The van der Waals surface area contributed by atoms with E-state index in [1.807, 2.05) is 19.1 Å². The van der Waals surface area contributed by atoms with Crippen LogP contribution < -0.4 is 0 Å². The van der Waals surface area contributed by atoms with Gasteiger partial charge in [-0.1, -0.05) is 12.1 Å². The van der Waals surface area contributed by atoms with E-state index < -0.39 is 0 Å². The molecule has 2 nitrogen and oxygen atoms in total. The largest absolute Gasteiger partial charge is 0.252 e. The first kappa shape index (κ1) is 11.9. The molecule has 2 heteroatoms. The Bertz CT molecular complexity index is 665. The smallest absolute Gasteiger partial charge is 0.101 e. The van der Waals surface area contributed by atoms with Gasteiger partial charge >= 0.3 is 0 Å². The molecule has 0 radical (unpaired) electrons. The van der Waals surface area contributed by atoms with Crippen molar-refractivity contribution < 1.29 is 0 Å². The SMILES string of the molecule is Cc1nc(-c2ccc3c(c2)CCCC3)ccc1C#N. The second-order valence-electron chi connectivity index (χ2n) is 5.13. The minimum atomic E-state index is 0.654. The quantitative estimate of drug-likeness (QED) is 0.769. The van der Waals surface area contributed by atoms with Crippen LogP contribution in [-0.2, 0) is 12.8 Å². The van der Waals surface area contributed by atoms with Crippen molar-refractivity contribution in [3.63, 3.8) is 0 Å². The third-order valence-corrected chi connectivity index (χ3v) is 3.85. The van der Waals surface area contributed by atoms with Gasteiger partial charge in [0.15, 0.2) is 0 Å². The molecule has 0 atom stereocenters. The van der Waals surface area contributed by atoms with Gasteiger partial charge in [0.1, 0.15) is 6.07 Å². The van der Waals surface area contributed by atoms with Crippen molar-refractivity contribution in [3.8, 4) is 17.3 Å². The lowest BCUT2D eigenvalue weighted by atomic mass is 9.90. The fraction of sp³-hybridized carbons (Fsp3) is 0.294. The molecule has 94 valence electrons. The Morgan fingerprint density at radius 1 is 1.05 bits per heavy atom. The summed E-state index contributed by atoms with van der Waals surface area (Å²) in [6, 6.07) is 12.6. The predicted octanol–water partition coefficient (Wildman–Crippen LogP) is 3.81. The number of benzene rings is 1. The van der Waals surface area contributed by atoms with E-state index in [1.54, 1.807) is 0 Å². The van der Waals surface area contributed by atoms with E-state index in [2.05, 4.69) is 29.3 Å². The highest BCUT2D eigenvalue weighted by Gasteiger charge is 2.11. The van der Waals surface area contributed by atoms with Crippen molar-refractivity contribution in [2.45, 2.75) is 32.6 Å². The Hall–Kier alpha value is -2.14. The molecule has 0 saturated heterocycles. The van der Waals surface area contributed by atoms with Gasteiger partial charge in [0.25, 0.3) is 0 Å². The molecule has 1 aliphatic carbocycles. The molecule has 0 saturated carbocycles. The van der Waals surface area contributed by atoms with E-state index >= 15 is 0 Å². The molecule has 0 amide bonds. The monoisotopic (exact) mass is 248 g/mol. The molecule has 19 heavy (non-hydrogen) atoms. The summed E-state index contributed by atoms with van der Waals surface area (Å²) < 4.78 is 0. The highest BCUT2D eigenvalue weighted by atomic mass is 14.7. The maximum Gasteiger partial charge on any atom is 0.101 e. The first-order valence-electron chi connectivity index (χ1n) is 6.78. The van der Waals surface area contributed by atoms with Crippen molar-refractivity contribution in [1.29, 1.82) is 5.26 Å². The van der Waals surface area contributed by atoms with Crippen molar-refractivity contribution in [2.75, 3.05) is 0 Å². The second-order valence-corrected chi connectivity index (χ2v) is 5.13. The number of pyridine rings is 1. The maximum atomic E-state index is 8.95. The molecular formula is C17H16N2. The van der Waals surface area contributed by atoms with Gasteiger partial charge in [-0.15, -0.1) is 0 Å². The molecule has 1 aromatic carbocycles. The average Bonchev–Trinajstić information content (AvgIpc) is 2.46. The van der Waals surface area contributed by atoms with Crippen LogP contribution in [0.25, 0.3) is 11.3 Å². The van der Waals surface area contributed by atoms with Crippen molar-refractivity contribution in [2.24, 2.45) is 0 Å². The van der Waals surface area contributed by atoms with Gasteiger partial charge in [0.2, 0.25) is 0 Å². The number of rotatable bonds is 1. The van der Waals surface area contributed by atoms with Gasteiger partial charge in [0.05, 0.1) is 17.0 Å².